The maximum Gasteiger partial charge on any atom is 0.260 e. The highest BCUT2D eigenvalue weighted by atomic mass is 16.5. The largest absolute Gasteiger partial charge is 0.493 e. The molecule has 2 N–H and O–H groups in total. The third-order valence-electron chi connectivity index (χ3n) is 3.55. The Hall–Kier alpha value is -1.75. The molecule has 1 atom stereocenters. The Balaban J connectivity index is 1.99. The van der Waals surface area contributed by atoms with Gasteiger partial charge >= 0.3 is 0 Å². The number of likely N-dealkylation sites (N-methyl/N-ethyl adjacent to an activating group) is 1. The van der Waals surface area contributed by atoms with E-state index >= 15 is 0 Å². The molecule has 0 heterocycles. The van der Waals surface area contributed by atoms with E-state index in [0.717, 1.165) is 18.4 Å². The molecule has 0 spiro atoms. The zero-order chi connectivity index (χ0) is 14.7. The number of carbonyl (C=O) groups is 1. The van der Waals surface area contributed by atoms with Gasteiger partial charge in [-0.05, 0) is 37.5 Å². The molecule has 1 aromatic rings. The normalized spacial score (nSPS) is 15.6. The van der Waals surface area contributed by atoms with Crippen molar-refractivity contribution < 1.29 is 14.3 Å². The van der Waals surface area contributed by atoms with Crippen LogP contribution in [0.2, 0.25) is 0 Å². The van der Waals surface area contributed by atoms with E-state index in [1.807, 2.05) is 26.1 Å². The van der Waals surface area contributed by atoms with E-state index < -0.39 is 0 Å². The standard InChI is InChI=1S/C15H22N2O3/c1-10(16)11-4-7-13(14(8-11)19-3)20-9-15(18)17(2)12-5-6-12/h4,7-8,10,12H,5-6,9,16H2,1-3H3/t10-/m0/s1. The minimum absolute atomic E-state index is 0.00850. The zero-order valence-electron chi connectivity index (χ0n) is 12.3. The van der Waals surface area contributed by atoms with E-state index in [1.165, 1.54) is 0 Å². The van der Waals surface area contributed by atoms with Crippen molar-refractivity contribution in [2.24, 2.45) is 5.73 Å². The Morgan fingerprint density at radius 1 is 1.45 bits per heavy atom. The topological polar surface area (TPSA) is 64.8 Å². The van der Waals surface area contributed by atoms with Crippen molar-refractivity contribution in [3.63, 3.8) is 0 Å². The highest BCUT2D eigenvalue weighted by molar-refractivity contribution is 5.78. The molecule has 5 heteroatoms. The Morgan fingerprint density at radius 3 is 2.70 bits per heavy atom. The minimum atomic E-state index is -0.0689. The van der Waals surface area contributed by atoms with Gasteiger partial charge in [-0.1, -0.05) is 6.07 Å². The van der Waals surface area contributed by atoms with E-state index in [2.05, 4.69) is 0 Å². The molecule has 0 bridgehead atoms. The predicted molar refractivity (Wildman–Crippen MR) is 76.9 cm³/mol. The fraction of sp³-hybridized carbons (Fsp3) is 0.533. The van der Waals surface area contributed by atoms with Crippen LogP contribution in [0.4, 0.5) is 0 Å². The summed E-state index contributed by atoms with van der Waals surface area (Å²) in [5.41, 5.74) is 6.80. The van der Waals surface area contributed by atoms with Crippen molar-refractivity contribution in [3.8, 4) is 11.5 Å². The van der Waals surface area contributed by atoms with E-state index in [1.54, 1.807) is 18.1 Å². The van der Waals surface area contributed by atoms with Crippen LogP contribution in [0.15, 0.2) is 18.2 Å². The molecule has 110 valence electrons. The summed E-state index contributed by atoms with van der Waals surface area (Å²) in [5, 5.41) is 0. The number of nitrogens with two attached hydrogens (primary N) is 1. The Kier molecular flexibility index (Phi) is 4.49. The third-order valence-corrected chi connectivity index (χ3v) is 3.55. The Morgan fingerprint density at radius 2 is 2.15 bits per heavy atom. The first-order valence-corrected chi connectivity index (χ1v) is 6.85. The number of nitrogens with zero attached hydrogens (tertiary/aromatic N) is 1. The number of benzene rings is 1. The zero-order valence-corrected chi connectivity index (χ0v) is 12.3. The number of methoxy groups -OCH3 is 1. The summed E-state index contributed by atoms with van der Waals surface area (Å²) in [5.74, 6) is 1.15. The summed E-state index contributed by atoms with van der Waals surface area (Å²) < 4.78 is 10.8. The highest BCUT2D eigenvalue weighted by Crippen LogP contribution is 2.30. The van der Waals surface area contributed by atoms with Crippen LogP contribution in [-0.2, 0) is 4.79 Å². The van der Waals surface area contributed by atoms with Crippen LogP contribution in [0.25, 0.3) is 0 Å². The molecule has 0 unspecified atom stereocenters. The summed E-state index contributed by atoms with van der Waals surface area (Å²) in [6, 6.07) is 5.85. The molecule has 1 amide bonds. The maximum absolute atomic E-state index is 11.9. The average molecular weight is 278 g/mol. The van der Waals surface area contributed by atoms with Crippen LogP contribution >= 0.6 is 0 Å². The van der Waals surface area contributed by atoms with E-state index in [-0.39, 0.29) is 18.6 Å². The molecule has 0 aliphatic heterocycles. The SMILES string of the molecule is COc1cc([C@H](C)N)ccc1OCC(=O)N(C)C1CC1. The van der Waals surface area contributed by atoms with Gasteiger partial charge in [-0.15, -0.1) is 0 Å². The second-order valence-electron chi connectivity index (χ2n) is 5.22. The van der Waals surface area contributed by atoms with E-state index in [0.29, 0.717) is 17.5 Å². The number of amides is 1. The van der Waals surface area contributed by atoms with Crippen molar-refractivity contribution in [2.45, 2.75) is 31.8 Å². The number of ether oxygens (including phenoxy) is 2. The quantitative estimate of drug-likeness (QED) is 0.860. The Labute approximate surface area is 119 Å². The molecule has 1 aromatic carbocycles. The van der Waals surface area contributed by atoms with Gasteiger partial charge in [-0.25, -0.2) is 0 Å². The minimum Gasteiger partial charge on any atom is -0.493 e. The molecule has 0 saturated heterocycles. The summed E-state index contributed by atoms with van der Waals surface area (Å²) in [4.78, 5) is 13.7. The molecule has 1 fully saturated rings. The second kappa shape index (κ2) is 6.13. The van der Waals surface area contributed by atoms with Gasteiger partial charge < -0.3 is 20.1 Å². The first-order valence-electron chi connectivity index (χ1n) is 6.85. The number of hydrogen-bond acceptors (Lipinski definition) is 4. The Bertz CT molecular complexity index is 484. The summed E-state index contributed by atoms with van der Waals surface area (Å²) in [6.45, 7) is 1.93. The molecule has 5 nitrogen and oxygen atoms in total. The number of carbonyl (C=O) groups excluding carboxylic acids is 1. The average Bonchev–Trinajstić information content (AvgIpc) is 3.28. The highest BCUT2D eigenvalue weighted by Gasteiger charge is 2.29. The van der Waals surface area contributed by atoms with Crippen molar-refractivity contribution in [1.29, 1.82) is 0 Å². The summed E-state index contributed by atoms with van der Waals surface area (Å²) in [7, 11) is 3.39. The van der Waals surface area contributed by atoms with Crippen LogP contribution in [0.5, 0.6) is 11.5 Å². The van der Waals surface area contributed by atoms with Gasteiger partial charge in [0.1, 0.15) is 0 Å². The van der Waals surface area contributed by atoms with Gasteiger partial charge in [0.2, 0.25) is 0 Å². The van der Waals surface area contributed by atoms with Crippen LogP contribution in [0.3, 0.4) is 0 Å². The van der Waals surface area contributed by atoms with Crippen LogP contribution in [-0.4, -0.2) is 37.6 Å². The smallest absolute Gasteiger partial charge is 0.260 e. The van der Waals surface area contributed by atoms with Gasteiger partial charge in [0, 0.05) is 19.1 Å². The monoisotopic (exact) mass is 278 g/mol. The fourth-order valence-electron chi connectivity index (χ4n) is 1.99. The van der Waals surface area contributed by atoms with Crippen LogP contribution in [0.1, 0.15) is 31.4 Å². The van der Waals surface area contributed by atoms with Crippen molar-refractivity contribution in [3.05, 3.63) is 23.8 Å². The molecule has 0 aromatic heterocycles. The predicted octanol–water partition coefficient (Wildman–Crippen LogP) is 1.71. The first-order chi connectivity index (χ1) is 9.52. The fourth-order valence-corrected chi connectivity index (χ4v) is 1.99. The van der Waals surface area contributed by atoms with Crippen molar-refractivity contribution >= 4 is 5.91 Å². The molecule has 1 saturated carbocycles. The van der Waals surface area contributed by atoms with Gasteiger partial charge in [0.05, 0.1) is 7.11 Å². The number of rotatable bonds is 6. The van der Waals surface area contributed by atoms with Gasteiger partial charge in [0.15, 0.2) is 18.1 Å². The van der Waals surface area contributed by atoms with Gasteiger partial charge in [0.25, 0.3) is 5.91 Å². The first kappa shape index (κ1) is 14.7. The van der Waals surface area contributed by atoms with Crippen molar-refractivity contribution in [2.75, 3.05) is 20.8 Å². The van der Waals surface area contributed by atoms with Gasteiger partial charge in [-0.3, -0.25) is 4.79 Å². The van der Waals surface area contributed by atoms with Gasteiger partial charge in [-0.2, -0.15) is 0 Å². The third kappa shape index (κ3) is 3.42. The van der Waals surface area contributed by atoms with Crippen LogP contribution < -0.4 is 15.2 Å². The molecular weight excluding hydrogens is 256 g/mol. The van der Waals surface area contributed by atoms with Crippen molar-refractivity contribution in [1.82, 2.24) is 4.90 Å². The molecule has 1 aliphatic carbocycles. The molecule has 0 radical (unpaired) electrons. The summed E-state index contributed by atoms with van der Waals surface area (Å²) >= 11 is 0. The van der Waals surface area contributed by atoms with E-state index in [9.17, 15) is 4.79 Å². The summed E-state index contributed by atoms with van der Waals surface area (Å²) in [6.07, 6.45) is 2.18. The molecule has 2 rings (SSSR count). The van der Waals surface area contributed by atoms with E-state index in [4.69, 9.17) is 15.2 Å². The molecular formula is C15H22N2O3. The molecule has 20 heavy (non-hydrogen) atoms. The lowest BCUT2D eigenvalue weighted by atomic mass is 10.1. The lowest BCUT2D eigenvalue weighted by molar-refractivity contribution is -0.132. The lowest BCUT2D eigenvalue weighted by Gasteiger charge is -2.18. The molecule has 1 aliphatic rings. The van der Waals surface area contributed by atoms with Crippen LogP contribution in [0, 0.1) is 0 Å². The second-order valence-corrected chi connectivity index (χ2v) is 5.22. The number of hydrogen-bond donors (Lipinski definition) is 1. The maximum atomic E-state index is 11.9. The lowest BCUT2D eigenvalue weighted by Crippen LogP contribution is -2.33.